The van der Waals surface area contributed by atoms with Gasteiger partial charge in [0.2, 0.25) is 11.1 Å². The SMILES string of the molecule is COOC(=O)C1=C(CSc2nnnn2C)CS[C@H]2CC(=O)N12. The Balaban J connectivity index is 1.83. The largest absolute Gasteiger partial charge is 0.389 e. The smallest absolute Gasteiger partial charge is 0.293 e. The highest BCUT2D eigenvalue weighted by Crippen LogP contribution is 2.41. The molecule has 2 aliphatic rings. The van der Waals surface area contributed by atoms with E-state index < -0.39 is 5.97 Å². The summed E-state index contributed by atoms with van der Waals surface area (Å²) in [5.41, 5.74) is 1.09. The van der Waals surface area contributed by atoms with E-state index in [-0.39, 0.29) is 17.0 Å². The van der Waals surface area contributed by atoms with Gasteiger partial charge in [0, 0.05) is 18.6 Å². The van der Waals surface area contributed by atoms with Crippen molar-refractivity contribution in [2.24, 2.45) is 7.05 Å². The number of tetrazole rings is 1. The van der Waals surface area contributed by atoms with E-state index in [2.05, 4.69) is 25.3 Å². The van der Waals surface area contributed by atoms with Crippen LogP contribution in [0.2, 0.25) is 0 Å². The highest BCUT2D eigenvalue weighted by Gasteiger charge is 2.46. The summed E-state index contributed by atoms with van der Waals surface area (Å²) in [6, 6.07) is 0. The summed E-state index contributed by atoms with van der Waals surface area (Å²) in [6.07, 6.45) is 0.446. The van der Waals surface area contributed by atoms with Crippen LogP contribution in [0.1, 0.15) is 6.42 Å². The van der Waals surface area contributed by atoms with E-state index in [1.54, 1.807) is 23.5 Å². The summed E-state index contributed by atoms with van der Waals surface area (Å²) in [5.74, 6) is 0.419. The van der Waals surface area contributed by atoms with Crippen LogP contribution in [-0.2, 0) is 26.4 Å². The number of fused-ring (bicyclic) bond motifs is 1. The first kappa shape index (κ1) is 15.3. The van der Waals surface area contributed by atoms with Crippen molar-refractivity contribution in [2.45, 2.75) is 17.0 Å². The average Bonchev–Trinajstić information content (AvgIpc) is 2.89. The number of carbonyl (C=O) groups excluding carboxylic acids is 2. The fourth-order valence-corrected chi connectivity index (χ4v) is 4.44. The minimum absolute atomic E-state index is 0.0113. The van der Waals surface area contributed by atoms with Crippen LogP contribution >= 0.6 is 23.5 Å². The first-order valence-corrected chi connectivity index (χ1v) is 8.41. The van der Waals surface area contributed by atoms with E-state index >= 15 is 0 Å². The minimum Gasteiger partial charge on any atom is -0.293 e. The zero-order chi connectivity index (χ0) is 15.7. The molecule has 0 bridgehead atoms. The standard InChI is InChI=1S/C11H13N5O4S2/c1-15-11(12-13-14-15)22-5-6-4-21-8-3-7(17)16(8)9(6)10(18)20-19-2/h8H,3-5H2,1-2H3/t8-/m0/s1. The van der Waals surface area contributed by atoms with Crippen LogP contribution in [0.4, 0.5) is 0 Å². The lowest BCUT2D eigenvalue weighted by Crippen LogP contribution is -2.54. The van der Waals surface area contributed by atoms with Gasteiger partial charge >= 0.3 is 5.97 Å². The highest BCUT2D eigenvalue weighted by atomic mass is 32.2. The average molecular weight is 343 g/mol. The molecule has 2 aliphatic heterocycles. The maximum absolute atomic E-state index is 12.1. The van der Waals surface area contributed by atoms with Gasteiger partial charge in [-0.1, -0.05) is 11.8 Å². The predicted octanol–water partition coefficient (Wildman–Crippen LogP) is -0.0339. The number of hydrogen-bond acceptors (Lipinski definition) is 9. The van der Waals surface area contributed by atoms with E-state index in [0.717, 1.165) is 5.57 Å². The third-order valence-electron chi connectivity index (χ3n) is 3.24. The molecule has 1 atom stereocenters. The van der Waals surface area contributed by atoms with Crippen LogP contribution in [0.25, 0.3) is 0 Å². The van der Waals surface area contributed by atoms with Gasteiger partial charge < -0.3 is 0 Å². The molecule has 0 spiro atoms. The highest BCUT2D eigenvalue weighted by molar-refractivity contribution is 8.00. The molecule has 0 aliphatic carbocycles. The Bertz CT molecular complexity index is 646. The molecular weight excluding hydrogens is 330 g/mol. The summed E-state index contributed by atoms with van der Waals surface area (Å²) in [4.78, 5) is 34.5. The molecule has 0 saturated carbocycles. The Morgan fingerprint density at radius 3 is 3.00 bits per heavy atom. The number of β-lactam (4-membered cyclic amide) rings is 1. The molecule has 1 amide bonds. The van der Waals surface area contributed by atoms with Gasteiger partial charge in [0.25, 0.3) is 0 Å². The summed E-state index contributed by atoms with van der Waals surface area (Å²) in [7, 11) is 2.99. The monoisotopic (exact) mass is 343 g/mol. The van der Waals surface area contributed by atoms with Crippen molar-refractivity contribution >= 4 is 35.4 Å². The summed E-state index contributed by atoms with van der Waals surface area (Å²) >= 11 is 3.03. The van der Waals surface area contributed by atoms with Gasteiger partial charge in [-0.3, -0.25) is 14.6 Å². The van der Waals surface area contributed by atoms with E-state index in [1.807, 2.05) is 0 Å². The number of aromatic nitrogens is 4. The lowest BCUT2D eigenvalue weighted by molar-refractivity contribution is -0.252. The molecular formula is C11H13N5O4S2. The Hall–Kier alpha value is -1.59. The third-order valence-corrected chi connectivity index (χ3v) is 5.62. The van der Waals surface area contributed by atoms with Gasteiger partial charge in [0.05, 0.1) is 18.9 Å². The van der Waals surface area contributed by atoms with Crippen LogP contribution in [0.15, 0.2) is 16.4 Å². The number of carbonyl (C=O) groups is 2. The molecule has 118 valence electrons. The molecule has 0 aromatic carbocycles. The van der Waals surface area contributed by atoms with Crippen molar-refractivity contribution < 1.29 is 19.4 Å². The maximum Gasteiger partial charge on any atom is 0.389 e. The van der Waals surface area contributed by atoms with Gasteiger partial charge in [0.15, 0.2) is 0 Å². The topological polar surface area (TPSA) is 99.4 Å². The van der Waals surface area contributed by atoms with Crippen molar-refractivity contribution in [3.63, 3.8) is 0 Å². The first-order valence-electron chi connectivity index (χ1n) is 6.37. The van der Waals surface area contributed by atoms with Crippen molar-refractivity contribution in [2.75, 3.05) is 18.6 Å². The summed E-state index contributed by atoms with van der Waals surface area (Å²) in [5, 5.41) is 11.8. The molecule has 1 saturated heterocycles. The second kappa shape index (κ2) is 6.26. The molecule has 22 heavy (non-hydrogen) atoms. The van der Waals surface area contributed by atoms with E-state index in [1.165, 1.54) is 23.8 Å². The van der Waals surface area contributed by atoms with Crippen molar-refractivity contribution in [1.82, 2.24) is 25.1 Å². The second-order valence-corrected chi connectivity index (χ2v) is 6.71. The van der Waals surface area contributed by atoms with Gasteiger partial charge in [-0.15, -0.1) is 16.9 Å². The van der Waals surface area contributed by atoms with Gasteiger partial charge in [0.1, 0.15) is 5.70 Å². The number of aryl methyl sites for hydroxylation is 1. The summed E-state index contributed by atoms with van der Waals surface area (Å²) in [6.45, 7) is 0. The molecule has 3 heterocycles. The third kappa shape index (κ3) is 2.71. The molecule has 0 unspecified atom stereocenters. The molecule has 1 aromatic heterocycles. The quantitative estimate of drug-likeness (QED) is 0.316. The van der Waals surface area contributed by atoms with Crippen LogP contribution in [0.3, 0.4) is 0 Å². The lowest BCUT2D eigenvalue weighted by Gasteiger charge is -2.44. The zero-order valence-corrected chi connectivity index (χ0v) is 13.5. The molecule has 3 rings (SSSR count). The van der Waals surface area contributed by atoms with E-state index in [0.29, 0.717) is 23.1 Å². The van der Waals surface area contributed by atoms with Crippen molar-refractivity contribution in [1.29, 1.82) is 0 Å². The molecule has 1 aromatic rings. The fraction of sp³-hybridized carbons (Fsp3) is 0.545. The van der Waals surface area contributed by atoms with Crippen LogP contribution < -0.4 is 0 Å². The van der Waals surface area contributed by atoms with Gasteiger partial charge in [-0.05, 0) is 16.0 Å². The van der Waals surface area contributed by atoms with Crippen LogP contribution in [0.5, 0.6) is 0 Å². The molecule has 11 heteroatoms. The molecule has 0 N–H and O–H groups in total. The minimum atomic E-state index is -0.646. The van der Waals surface area contributed by atoms with Crippen LogP contribution in [0, 0.1) is 0 Å². The molecule has 9 nitrogen and oxygen atoms in total. The number of rotatable bonds is 5. The lowest BCUT2D eigenvalue weighted by atomic mass is 10.1. The van der Waals surface area contributed by atoms with E-state index in [4.69, 9.17) is 0 Å². The number of amides is 1. The summed E-state index contributed by atoms with van der Waals surface area (Å²) < 4.78 is 1.55. The maximum atomic E-state index is 12.1. The number of nitrogens with zero attached hydrogens (tertiary/aromatic N) is 5. The van der Waals surface area contributed by atoms with E-state index in [9.17, 15) is 9.59 Å². The Morgan fingerprint density at radius 1 is 1.55 bits per heavy atom. The van der Waals surface area contributed by atoms with Gasteiger partial charge in [-0.2, -0.15) is 4.89 Å². The Kier molecular flexibility index (Phi) is 4.36. The fourth-order valence-electron chi connectivity index (χ4n) is 2.19. The van der Waals surface area contributed by atoms with Crippen molar-refractivity contribution in [3.8, 4) is 0 Å². The first-order chi connectivity index (χ1) is 10.6. The molecule has 1 fully saturated rings. The number of thioether (sulfide) groups is 2. The Morgan fingerprint density at radius 2 is 2.36 bits per heavy atom. The Labute approximate surface area is 134 Å². The van der Waals surface area contributed by atoms with Gasteiger partial charge in [-0.25, -0.2) is 9.48 Å². The number of hydrogen-bond donors (Lipinski definition) is 0. The predicted molar refractivity (Wildman–Crippen MR) is 77.4 cm³/mol. The normalized spacial score (nSPS) is 20.7. The second-order valence-electron chi connectivity index (χ2n) is 4.60. The van der Waals surface area contributed by atoms with Crippen LogP contribution in [-0.4, -0.2) is 61.0 Å². The zero-order valence-electron chi connectivity index (χ0n) is 11.9. The van der Waals surface area contributed by atoms with Crippen molar-refractivity contribution in [3.05, 3.63) is 11.3 Å². The molecule has 0 radical (unpaired) electrons.